The van der Waals surface area contributed by atoms with E-state index in [-0.39, 0.29) is 11.6 Å². The van der Waals surface area contributed by atoms with E-state index in [1.807, 2.05) is 70.2 Å². The van der Waals surface area contributed by atoms with Crippen LogP contribution < -0.4 is 0 Å². The maximum Gasteiger partial charge on any atom is 0.161 e. The van der Waals surface area contributed by atoms with Crippen molar-refractivity contribution in [2.75, 3.05) is 0 Å². The Hall–Kier alpha value is -2.48. The molecule has 0 rings (SSSR count). The lowest BCUT2D eigenvalue weighted by Crippen LogP contribution is -2.22. The molecule has 0 heterocycles. The predicted molar refractivity (Wildman–Crippen MR) is 127 cm³/mol. The molecule has 0 saturated carbocycles. The Morgan fingerprint density at radius 1 is 0.724 bits per heavy atom. The van der Waals surface area contributed by atoms with E-state index in [0.717, 1.165) is 24.0 Å². The zero-order valence-corrected chi connectivity index (χ0v) is 19.3. The van der Waals surface area contributed by atoms with Crippen LogP contribution in [0.25, 0.3) is 0 Å². The molecule has 0 fully saturated rings. The van der Waals surface area contributed by atoms with E-state index < -0.39 is 5.41 Å². The van der Waals surface area contributed by atoms with Crippen molar-refractivity contribution in [3.63, 3.8) is 0 Å². The van der Waals surface area contributed by atoms with Crippen molar-refractivity contribution in [1.29, 1.82) is 0 Å². The zero-order valence-electron chi connectivity index (χ0n) is 19.3. The Balaban J connectivity index is 4.71. The van der Waals surface area contributed by atoms with Crippen molar-refractivity contribution in [3.05, 3.63) is 83.6 Å². The predicted octanol–water partition coefficient (Wildman–Crippen LogP) is 7.42. The summed E-state index contributed by atoms with van der Waals surface area (Å²) in [6.07, 6.45) is 23.8. The van der Waals surface area contributed by atoms with Gasteiger partial charge in [-0.1, -0.05) is 91.3 Å². The van der Waals surface area contributed by atoms with Crippen molar-refractivity contribution >= 4 is 11.6 Å². The summed E-state index contributed by atoms with van der Waals surface area (Å²) in [6.45, 7) is 13.6. The van der Waals surface area contributed by atoms with Crippen LogP contribution in [0, 0.1) is 5.41 Å². The molecule has 0 spiro atoms. The van der Waals surface area contributed by atoms with Gasteiger partial charge < -0.3 is 4.79 Å². The van der Waals surface area contributed by atoms with E-state index in [4.69, 9.17) is 0 Å². The van der Waals surface area contributed by atoms with Crippen LogP contribution in [0.5, 0.6) is 0 Å². The molecule has 158 valence electrons. The number of allylic oxidation sites excluding steroid dienone is 14. The van der Waals surface area contributed by atoms with Gasteiger partial charge in [0, 0.05) is 11.8 Å². The minimum Gasteiger partial charge on any atom is -0.300 e. The first-order valence-corrected chi connectivity index (χ1v) is 10.3. The monoisotopic (exact) mass is 394 g/mol. The number of carbonyl (C=O) groups is 2. The fraction of sp³-hybridized carbons (Fsp3) is 0.407. The highest BCUT2D eigenvalue weighted by Crippen LogP contribution is 2.25. The number of Topliss-reactive ketones (excluding diaryl/α,β-unsaturated/α-hetero) is 1. The summed E-state index contributed by atoms with van der Waals surface area (Å²) >= 11 is 0. The Bertz CT molecular complexity index is 747. The van der Waals surface area contributed by atoms with E-state index in [2.05, 4.69) is 32.1 Å². The Morgan fingerprint density at radius 2 is 1.24 bits per heavy atom. The molecule has 2 nitrogen and oxygen atoms in total. The van der Waals surface area contributed by atoms with Crippen LogP contribution in [-0.4, -0.2) is 11.6 Å². The maximum absolute atomic E-state index is 12.4. The number of hydrogen-bond acceptors (Lipinski definition) is 2. The van der Waals surface area contributed by atoms with Gasteiger partial charge in [0.25, 0.3) is 0 Å². The Labute approximate surface area is 178 Å². The number of rotatable bonds is 12. The van der Waals surface area contributed by atoms with Gasteiger partial charge in [0.2, 0.25) is 0 Å². The first-order chi connectivity index (χ1) is 13.6. The van der Waals surface area contributed by atoms with Crippen LogP contribution in [0.1, 0.15) is 67.7 Å². The second-order valence-corrected chi connectivity index (χ2v) is 8.11. The zero-order chi connectivity index (χ0) is 22.3. The molecule has 0 aromatic rings. The summed E-state index contributed by atoms with van der Waals surface area (Å²) in [7, 11) is 0. The molecule has 0 saturated heterocycles. The number of hydrogen-bond donors (Lipinski definition) is 0. The standard InChI is InChI=1S/C27H38O2/c1-8-13-22(2)14-9-10-15-23(3)16-11-17-24(4)19-20-26(29)27(6,7)21-12-18-25(5)28/h8-11,13-17,19-20H,12,18,21H2,1-7H3/b10-9+,13-8+,16-11+,20-19+,22-14+,23-15+,24-17+. The third-order valence-corrected chi connectivity index (χ3v) is 4.47. The molecule has 0 atom stereocenters. The van der Waals surface area contributed by atoms with Gasteiger partial charge in [-0.25, -0.2) is 0 Å². The Kier molecular flexibility index (Phi) is 13.3. The maximum atomic E-state index is 12.4. The van der Waals surface area contributed by atoms with Gasteiger partial charge in [-0.3, -0.25) is 4.79 Å². The van der Waals surface area contributed by atoms with Gasteiger partial charge in [-0.05, 0) is 53.5 Å². The third-order valence-electron chi connectivity index (χ3n) is 4.47. The summed E-state index contributed by atoms with van der Waals surface area (Å²) in [5, 5.41) is 0. The van der Waals surface area contributed by atoms with Gasteiger partial charge in [-0.2, -0.15) is 0 Å². The SMILES string of the molecule is C/C=C/C(C)=C/C=C/C=C(C)/C=C/C=C(C)/C=C/C(=O)C(C)(C)CCCC(C)=O. The van der Waals surface area contributed by atoms with Crippen molar-refractivity contribution in [2.45, 2.75) is 67.7 Å². The van der Waals surface area contributed by atoms with Gasteiger partial charge in [0.1, 0.15) is 5.78 Å². The first-order valence-electron chi connectivity index (χ1n) is 10.3. The van der Waals surface area contributed by atoms with Crippen molar-refractivity contribution in [3.8, 4) is 0 Å². The van der Waals surface area contributed by atoms with E-state index in [0.29, 0.717) is 6.42 Å². The van der Waals surface area contributed by atoms with Crippen molar-refractivity contribution in [1.82, 2.24) is 0 Å². The third kappa shape index (κ3) is 14.2. The minimum atomic E-state index is -0.437. The molecule has 2 heteroatoms. The molecular weight excluding hydrogens is 356 g/mol. The lowest BCUT2D eigenvalue weighted by Gasteiger charge is -2.20. The van der Waals surface area contributed by atoms with Crippen LogP contribution in [0.15, 0.2) is 83.6 Å². The molecule has 0 unspecified atom stereocenters. The number of ketones is 2. The molecule has 0 N–H and O–H groups in total. The van der Waals surface area contributed by atoms with E-state index in [1.165, 1.54) is 5.57 Å². The average Bonchev–Trinajstić information content (AvgIpc) is 2.63. The first kappa shape index (κ1) is 26.5. The second-order valence-electron chi connectivity index (χ2n) is 8.11. The summed E-state index contributed by atoms with van der Waals surface area (Å²) in [5.74, 6) is 0.273. The van der Waals surface area contributed by atoms with Gasteiger partial charge >= 0.3 is 0 Å². The van der Waals surface area contributed by atoms with Crippen LogP contribution >= 0.6 is 0 Å². The van der Waals surface area contributed by atoms with E-state index >= 15 is 0 Å². The highest BCUT2D eigenvalue weighted by molar-refractivity contribution is 5.94. The summed E-state index contributed by atoms with van der Waals surface area (Å²) in [4.78, 5) is 23.5. The quantitative estimate of drug-likeness (QED) is 0.255. The smallest absolute Gasteiger partial charge is 0.161 e. The largest absolute Gasteiger partial charge is 0.300 e. The van der Waals surface area contributed by atoms with Crippen LogP contribution in [0.4, 0.5) is 0 Å². The molecule has 0 bridgehead atoms. The van der Waals surface area contributed by atoms with Crippen molar-refractivity contribution < 1.29 is 9.59 Å². The van der Waals surface area contributed by atoms with Gasteiger partial charge in [0.05, 0.1) is 0 Å². The highest BCUT2D eigenvalue weighted by Gasteiger charge is 2.24. The Morgan fingerprint density at radius 3 is 1.79 bits per heavy atom. The molecule has 0 amide bonds. The summed E-state index contributed by atoms with van der Waals surface area (Å²) in [5.41, 5.74) is 2.94. The molecule has 0 aromatic carbocycles. The number of carbonyl (C=O) groups excluding carboxylic acids is 2. The van der Waals surface area contributed by atoms with E-state index in [1.54, 1.807) is 13.0 Å². The molecule has 0 aliphatic heterocycles. The lowest BCUT2D eigenvalue weighted by molar-refractivity contribution is -0.123. The van der Waals surface area contributed by atoms with Crippen LogP contribution in [0.2, 0.25) is 0 Å². The summed E-state index contributed by atoms with van der Waals surface area (Å²) < 4.78 is 0. The summed E-state index contributed by atoms with van der Waals surface area (Å²) in [6, 6.07) is 0. The molecule has 29 heavy (non-hydrogen) atoms. The van der Waals surface area contributed by atoms with E-state index in [9.17, 15) is 9.59 Å². The molecule has 0 radical (unpaired) electrons. The molecule has 0 aliphatic carbocycles. The average molecular weight is 395 g/mol. The van der Waals surface area contributed by atoms with Crippen molar-refractivity contribution in [2.24, 2.45) is 5.41 Å². The van der Waals surface area contributed by atoms with Gasteiger partial charge in [0.15, 0.2) is 5.78 Å². The molecular formula is C27H38O2. The highest BCUT2D eigenvalue weighted by atomic mass is 16.1. The van der Waals surface area contributed by atoms with Gasteiger partial charge in [-0.15, -0.1) is 0 Å². The molecule has 0 aromatic heterocycles. The fourth-order valence-corrected chi connectivity index (χ4v) is 2.53. The fourth-order valence-electron chi connectivity index (χ4n) is 2.53. The topological polar surface area (TPSA) is 34.1 Å². The van der Waals surface area contributed by atoms with Crippen LogP contribution in [0.3, 0.4) is 0 Å². The molecule has 0 aliphatic rings. The minimum absolute atomic E-state index is 0.0975. The lowest BCUT2D eigenvalue weighted by atomic mass is 9.82. The van der Waals surface area contributed by atoms with Crippen LogP contribution in [-0.2, 0) is 9.59 Å². The normalized spacial score (nSPS) is 14.8. The second kappa shape index (κ2) is 14.5.